The number of carboxylic acid groups (broad SMARTS) is 1. The Balaban J connectivity index is 2.18. The molecule has 0 spiro atoms. The van der Waals surface area contributed by atoms with Crippen molar-refractivity contribution < 1.29 is 14.7 Å². The van der Waals surface area contributed by atoms with Crippen LogP contribution in [0.1, 0.15) is 27.8 Å². The topological polar surface area (TPSA) is 71.3 Å². The Morgan fingerprint density at radius 3 is 2.79 bits per heavy atom. The van der Waals surface area contributed by atoms with E-state index in [0.29, 0.717) is 17.2 Å². The average Bonchev–Trinajstić information content (AvgIpc) is 2.95. The Morgan fingerprint density at radius 2 is 2.21 bits per heavy atom. The van der Waals surface area contributed by atoms with E-state index in [0.717, 1.165) is 4.47 Å². The molecule has 1 amide bonds. The maximum atomic E-state index is 12.1. The van der Waals surface area contributed by atoms with Crippen molar-refractivity contribution in [2.24, 2.45) is 0 Å². The zero-order chi connectivity index (χ0) is 14.0. The van der Waals surface area contributed by atoms with Gasteiger partial charge >= 0.3 is 5.97 Å². The Bertz CT molecular complexity index is 633. The van der Waals surface area contributed by atoms with Crippen molar-refractivity contribution in [2.75, 3.05) is 5.32 Å². The van der Waals surface area contributed by atoms with E-state index < -0.39 is 5.97 Å². The summed E-state index contributed by atoms with van der Waals surface area (Å²) >= 11 is 4.51. The SMILES string of the molecule is CCn1cc(Br)cc1C(=O)Nc1cc(C(=O)O)cs1. The maximum absolute atomic E-state index is 12.1. The van der Waals surface area contributed by atoms with Gasteiger partial charge in [-0.05, 0) is 35.0 Å². The van der Waals surface area contributed by atoms with Gasteiger partial charge in [0.15, 0.2) is 0 Å². The number of hydrogen-bond acceptors (Lipinski definition) is 3. The second-order valence-electron chi connectivity index (χ2n) is 3.79. The molecule has 7 heteroatoms. The largest absolute Gasteiger partial charge is 0.478 e. The summed E-state index contributed by atoms with van der Waals surface area (Å²) in [5.74, 6) is -1.26. The van der Waals surface area contributed by atoms with Crippen LogP contribution in [0, 0.1) is 0 Å². The van der Waals surface area contributed by atoms with Gasteiger partial charge < -0.3 is 15.0 Å². The zero-order valence-corrected chi connectivity index (χ0v) is 12.4. The van der Waals surface area contributed by atoms with Crippen molar-refractivity contribution >= 4 is 44.1 Å². The van der Waals surface area contributed by atoms with Gasteiger partial charge in [0.25, 0.3) is 5.91 Å². The molecule has 100 valence electrons. The van der Waals surface area contributed by atoms with Crippen LogP contribution in [0.5, 0.6) is 0 Å². The van der Waals surface area contributed by atoms with Gasteiger partial charge in [-0.3, -0.25) is 4.79 Å². The van der Waals surface area contributed by atoms with Crippen molar-refractivity contribution in [1.82, 2.24) is 4.57 Å². The maximum Gasteiger partial charge on any atom is 0.336 e. The van der Waals surface area contributed by atoms with Crippen molar-refractivity contribution in [3.05, 3.63) is 39.4 Å². The van der Waals surface area contributed by atoms with Gasteiger partial charge in [0.05, 0.1) is 10.6 Å². The predicted molar refractivity (Wildman–Crippen MR) is 77.0 cm³/mol. The lowest BCUT2D eigenvalue weighted by molar-refractivity contribution is 0.0697. The number of carbonyl (C=O) groups is 2. The van der Waals surface area contributed by atoms with Gasteiger partial charge in [-0.1, -0.05) is 0 Å². The van der Waals surface area contributed by atoms with Gasteiger partial charge in [0, 0.05) is 22.6 Å². The fourth-order valence-electron chi connectivity index (χ4n) is 1.62. The van der Waals surface area contributed by atoms with Crippen LogP contribution in [0.15, 0.2) is 28.2 Å². The molecule has 2 heterocycles. The molecule has 0 aliphatic carbocycles. The normalized spacial score (nSPS) is 10.4. The van der Waals surface area contributed by atoms with Gasteiger partial charge in [0.2, 0.25) is 0 Å². The van der Waals surface area contributed by atoms with Crippen LogP contribution in [0.3, 0.4) is 0 Å². The lowest BCUT2D eigenvalue weighted by Crippen LogP contribution is -2.15. The van der Waals surface area contributed by atoms with Crippen LogP contribution in [-0.4, -0.2) is 21.6 Å². The van der Waals surface area contributed by atoms with Crippen molar-refractivity contribution in [1.29, 1.82) is 0 Å². The number of nitrogens with one attached hydrogen (secondary N) is 1. The summed E-state index contributed by atoms with van der Waals surface area (Å²) in [5, 5.41) is 13.5. The highest BCUT2D eigenvalue weighted by Crippen LogP contribution is 2.22. The molecule has 5 nitrogen and oxygen atoms in total. The molecule has 0 aliphatic heterocycles. The van der Waals surface area contributed by atoms with Crippen LogP contribution in [-0.2, 0) is 6.54 Å². The molecule has 0 saturated carbocycles. The second kappa shape index (κ2) is 5.58. The first-order valence-electron chi connectivity index (χ1n) is 5.50. The standard InChI is InChI=1S/C12H11BrN2O3S/c1-2-15-5-8(13)4-9(15)11(16)14-10-3-7(6-19-10)12(17)18/h3-6H,2H2,1H3,(H,14,16)(H,17,18). The van der Waals surface area contributed by atoms with Gasteiger partial charge in [-0.15, -0.1) is 11.3 Å². The molecule has 0 unspecified atom stereocenters. The van der Waals surface area contributed by atoms with Crippen molar-refractivity contribution in [3.63, 3.8) is 0 Å². The first-order valence-corrected chi connectivity index (χ1v) is 7.17. The van der Waals surface area contributed by atoms with E-state index >= 15 is 0 Å². The van der Waals surface area contributed by atoms with E-state index in [2.05, 4.69) is 21.2 Å². The molecule has 0 bridgehead atoms. The number of carbonyl (C=O) groups excluding carboxylic acids is 1. The van der Waals surface area contributed by atoms with Crippen molar-refractivity contribution in [2.45, 2.75) is 13.5 Å². The molecular weight excluding hydrogens is 332 g/mol. The minimum atomic E-state index is -1.00. The smallest absolute Gasteiger partial charge is 0.336 e. The molecule has 0 aromatic carbocycles. The summed E-state index contributed by atoms with van der Waals surface area (Å²) in [6, 6.07) is 3.17. The number of anilines is 1. The fraction of sp³-hybridized carbons (Fsp3) is 0.167. The highest BCUT2D eigenvalue weighted by atomic mass is 79.9. The number of halogens is 1. The third-order valence-corrected chi connectivity index (χ3v) is 3.80. The quantitative estimate of drug-likeness (QED) is 0.895. The number of hydrogen-bond donors (Lipinski definition) is 2. The molecule has 2 N–H and O–H groups in total. The lowest BCUT2D eigenvalue weighted by Gasteiger charge is -2.05. The number of rotatable bonds is 4. The number of carboxylic acids is 1. The van der Waals surface area contributed by atoms with Gasteiger partial charge in [0.1, 0.15) is 5.69 Å². The predicted octanol–water partition coefficient (Wildman–Crippen LogP) is 3.28. The molecule has 19 heavy (non-hydrogen) atoms. The summed E-state index contributed by atoms with van der Waals surface area (Å²) in [6.45, 7) is 2.62. The molecule has 0 aliphatic rings. The van der Waals surface area contributed by atoms with Crippen LogP contribution < -0.4 is 5.32 Å². The number of aromatic carboxylic acids is 1. The fourth-order valence-corrected chi connectivity index (χ4v) is 2.85. The molecule has 2 aromatic heterocycles. The number of nitrogens with zero attached hydrogens (tertiary/aromatic N) is 1. The number of thiophene rings is 1. The van der Waals surface area contributed by atoms with Crippen LogP contribution in [0.25, 0.3) is 0 Å². The minimum absolute atomic E-state index is 0.173. The van der Waals surface area contributed by atoms with E-state index in [1.54, 1.807) is 6.07 Å². The van der Waals surface area contributed by atoms with Gasteiger partial charge in [-0.2, -0.15) is 0 Å². The van der Waals surface area contributed by atoms with E-state index in [1.807, 2.05) is 17.7 Å². The summed E-state index contributed by atoms with van der Waals surface area (Å²) in [4.78, 5) is 22.9. The first-order chi connectivity index (χ1) is 9.01. The van der Waals surface area contributed by atoms with Crippen LogP contribution in [0.2, 0.25) is 0 Å². The molecule has 0 fully saturated rings. The average molecular weight is 343 g/mol. The Morgan fingerprint density at radius 1 is 1.47 bits per heavy atom. The highest BCUT2D eigenvalue weighted by molar-refractivity contribution is 9.10. The van der Waals surface area contributed by atoms with E-state index in [1.165, 1.54) is 22.8 Å². The molecule has 0 atom stereocenters. The second-order valence-corrected chi connectivity index (χ2v) is 5.62. The Hall–Kier alpha value is -1.60. The number of amides is 1. The molecule has 0 saturated heterocycles. The van der Waals surface area contributed by atoms with E-state index in [4.69, 9.17) is 5.11 Å². The van der Waals surface area contributed by atoms with Crippen molar-refractivity contribution in [3.8, 4) is 0 Å². The molecule has 2 aromatic rings. The third-order valence-electron chi connectivity index (χ3n) is 2.52. The number of aryl methyl sites for hydroxylation is 1. The minimum Gasteiger partial charge on any atom is -0.478 e. The summed E-state index contributed by atoms with van der Waals surface area (Å²) in [7, 11) is 0. The molecule has 2 rings (SSSR count). The molecule has 0 radical (unpaired) electrons. The van der Waals surface area contributed by atoms with E-state index in [9.17, 15) is 9.59 Å². The first kappa shape index (κ1) is 13.8. The molecular formula is C12H11BrN2O3S. The Kier molecular flexibility index (Phi) is 4.06. The van der Waals surface area contributed by atoms with E-state index in [-0.39, 0.29) is 11.5 Å². The van der Waals surface area contributed by atoms with Crippen LogP contribution in [0.4, 0.5) is 5.00 Å². The van der Waals surface area contributed by atoms with Gasteiger partial charge in [-0.25, -0.2) is 4.79 Å². The van der Waals surface area contributed by atoms with Crippen LogP contribution >= 0.6 is 27.3 Å². The highest BCUT2D eigenvalue weighted by Gasteiger charge is 2.14. The Labute approximate surface area is 122 Å². The number of aromatic nitrogens is 1. The monoisotopic (exact) mass is 342 g/mol. The summed E-state index contributed by atoms with van der Waals surface area (Å²) < 4.78 is 2.64. The summed E-state index contributed by atoms with van der Waals surface area (Å²) in [5.41, 5.74) is 0.701. The zero-order valence-electron chi connectivity index (χ0n) is 10.0. The third kappa shape index (κ3) is 3.05. The lowest BCUT2D eigenvalue weighted by atomic mass is 10.3. The summed E-state index contributed by atoms with van der Waals surface area (Å²) in [6.07, 6.45) is 1.83.